The molecule has 0 saturated heterocycles. The molecule has 2 aromatic carbocycles. The quantitative estimate of drug-likeness (QED) is 0.770. The van der Waals surface area contributed by atoms with Gasteiger partial charge in [-0.25, -0.2) is 8.42 Å². The molecule has 0 aliphatic rings. The highest BCUT2D eigenvalue weighted by molar-refractivity contribution is 8.13. The second-order valence-electron chi connectivity index (χ2n) is 5.19. The summed E-state index contributed by atoms with van der Waals surface area (Å²) in [6.45, 7) is 0. The normalized spacial score (nSPS) is 11.0. The van der Waals surface area contributed by atoms with Crippen molar-refractivity contribution in [2.24, 2.45) is 0 Å². The minimum atomic E-state index is -3.78. The monoisotopic (exact) mass is 400 g/mol. The van der Waals surface area contributed by atoms with E-state index in [0.29, 0.717) is 16.3 Å². The molecule has 1 amide bonds. The number of halogens is 1. The first kappa shape index (κ1) is 19.4. The fourth-order valence-corrected chi connectivity index (χ4v) is 3.87. The van der Waals surface area contributed by atoms with E-state index in [4.69, 9.17) is 16.3 Å². The maximum absolute atomic E-state index is 12.4. The maximum Gasteiger partial charge on any atom is 0.285 e. The molecule has 0 saturated carbocycles. The number of rotatable bonds is 5. The SMILES string of the molecule is COc1ccc(S(=O)(=O)Nc2ccc(SC(=O)N(C)C)cc2)cc1Cl. The summed E-state index contributed by atoms with van der Waals surface area (Å²) in [4.78, 5) is 13.9. The Morgan fingerprint density at radius 2 is 1.80 bits per heavy atom. The van der Waals surface area contributed by atoms with Crippen molar-refractivity contribution in [3.8, 4) is 5.75 Å². The predicted molar refractivity (Wildman–Crippen MR) is 100 cm³/mol. The van der Waals surface area contributed by atoms with Crippen LogP contribution in [-0.4, -0.2) is 39.8 Å². The first-order chi connectivity index (χ1) is 11.7. The van der Waals surface area contributed by atoms with Gasteiger partial charge in [-0.1, -0.05) is 11.6 Å². The molecule has 2 rings (SSSR count). The second kappa shape index (κ2) is 7.99. The zero-order valence-electron chi connectivity index (χ0n) is 13.8. The van der Waals surface area contributed by atoms with Crippen molar-refractivity contribution in [1.29, 1.82) is 0 Å². The second-order valence-corrected chi connectivity index (χ2v) is 8.30. The van der Waals surface area contributed by atoms with E-state index < -0.39 is 10.0 Å². The van der Waals surface area contributed by atoms with Crippen LogP contribution in [0.3, 0.4) is 0 Å². The van der Waals surface area contributed by atoms with Crippen molar-refractivity contribution >= 4 is 44.3 Å². The highest BCUT2D eigenvalue weighted by Gasteiger charge is 2.16. The van der Waals surface area contributed by atoms with Crippen LogP contribution in [0.5, 0.6) is 5.75 Å². The molecule has 134 valence electrons. The van der Waals surface area contributed by atoms with Crippen LogP contribution in [0.25, 0.3) is 0 Å². The minimum absolute atomic E-state index is 0.0273. The lowest BCUT2D eigenvalue weighted by molar-refractivity contribution is 0.241. The fraction of sp³-hybridized carbons (Fsp3) is 0.188. The van der Waals surface area contributed by atoms with E-state index in [0.717, 1.165) is 11.8 Å². The molecule has 0 unspecified atom stereocenters. The van der Waals surface area contributed by atoms with Crippen molar-refractivity contribution in [3.05, 3.63) is 47.5 Å². The van der Waals surface area contributed by atoms with Gasteiger partial charge in [0.05, 0.1) is 17.0 Å². The zero-order chi connectivity index (χ0) is 18.6. The number of amides is 1. The molecule has 9 heteroatoms. The van der Waals surface area contributed by atoms with Crippen molar-refractivity contribution < 1.29 is 17.9 Å². The molecule has 0 atom stereocenters. The van der Waals surface area contributed by atoms with Gasteiger partial charge < -0.3 is 9.64 Å². The van der Waals surface area contributed by atoms with E-state index in [1.807, 2.05) is 0 Å². The third kappa shape index (κ3) is 5.04. The molecule has 0 radical (unpaired) electrons. The number of nitrogens with zero attached hydrogens (tertiary/aromatic N) is 1. The molecule has 0 aromatic heterocycles. The fourth-order valence-electron chi connectivity index (χ4n) is 1.81. The van der Waals surface area contributed by atoms with Crippen LogP contribution < -0.4 is 9.46 Å². The molecular formula is C16H17ClN2O4S2. The molecule has 0 spiro atoms. The molecule has 0 bridgehead atoms. The van der Waals surface area contributed by atoms with E-state index in [1.54, 1.807) is 38.4 Å². The van der Waals surface area contributed by atoms with Crippen LogP contribution in [0.4, 0.5) is 10.5 Å². The molecule has 1 N–H and O–H groups in total. The highest BCUT2D eigenvalue weighted by Crippen LogP contribution is 2.28. The summed E-state index contributed by atoms with van der Waals surface area (Å²) in [5.74, 6) is 0.396. The number of nitrogens with one attached hydrogen (secondary N) is 1. The van der Waals surface area contributed by atoms with E-state index in [9.17, 15) is 13.2 Å². The lowest BCUT2D eigenvalue weighted by atomic mass is 10.3. The summed E-state index contributed by atoms with van der Waals surface area (Å²) in [5, 5.41) is 0.0977. The highest BCUT2D eigenvalue weighted by atomic mass is 35.5. The van der Waals surface area contributed by atoms with Gasteiger partial charge >= 0.3 is 0 Å². The summed E-state index contributed by atoms with van der Waals surface area (Å²) >= 11 is 7.04. The number of sulfonamides is 1. The third-order valence-electron chi connectivity index (χ3n) is 3.11. The number of hydrogen-bond donors (Lipinski definition) is 1. The number of hydrogen-bond acceptors (Lipinski definition) is 5. The molecule has 0 fully saturated rings. The summed E-state index contributed by atoms with van der Waals surface area (Å²) in [6, 6.07) is 10.7. The summed E-state index contributed by atoms with van der Waals surface area (Å²) in [6.07, 6.45) is 0. The maximum atomic E-state index is 12.4. The first-order valence-electron chi connectivity index (χ1n) is 7.08. The van der Waals surface area contributed by atoms with Crippen molar-refractivity contribution in [3.63, 3.8) is 0 Å². The van der Waals surface area contributed by atoms with Gasteiger partial charge in [-0.05, 0) is 54.2 Å². The summed E-state index contributed by atoms with van der Waals surface area (Å²) in [7, 11) is 1.000. The molecule has 6 nitrogen and oxygen atoms in total. The molecule has 0 aliphatic heterocycles. The van der Waals surface area contributed by atoms with Crippen LogP contribution in [0, 0.1) is 0 Å². The van der Waals surface area contributed by atoms with E-state index in [2.05, 4.69) is 4.72 Å². The molecule has 25 heavy (non-hydrogen) atoms. The van der Waals surface area contributed by atoms with Gasteiger partial charge in [-0.2, -0.15) is 0 Å². The standard InChI is InChI=1S/C16H17ClN2O4S2/c1-19(2)16(20)24-12-6-4-11(5-7-12)18-25(21,22)13-8-9-15(23-3)14(17)10-13/h4-10,18H,1-3H3. The number of methoxy groups -OCH3 is 1. The minimum Gasteiger partial charge on any atom is -0.495 e. The van der Waals surface area contributed by atoms with Crippen LogP contribution in [0.1, 0.15) is 0 Å². The largest absolute Gasteiger partial charge is 0.495 e. The van der Waals surface area contributed by atoms with Gasteiger partial charge in [0.2, 0.25) is 0 Å². The third-order valence-corrected chi connectivity index (χ3v) is 5.83. The lowest BCUT2D eigenvalue weighted by Gasteiger charge is -2.11. The van der Waals surface area contributed by atoms with Gasteiger partial charge in [-0.15, -0.1) is 0 Å². The smallest absolute Gasteiger partial charge is 0.285 e. The Labute approximate surface area is 156 Å². The van der Waals surface area contributed by atoms with Crippen molar-refractivity contribution in [2.45, 2.75) is 9.79 Å². The Morgan fingerprint density at radius 3 is 2.32 bits per heavy atom. The number of carbonyl (C=O) groups excluding carboxylic acids is 1. The van der Waals surface area contributed by atoms with Gasteiger partial charge in [0.1, 0.15) is 5.75 Å². The van der Waals surface area contributed by atoms with E-state index in [1.165, 1.54) is 30.2 Å². The van der Waals surface area contributed by atoms with Crippen LogP contribution in [-0.2, 0) is 10.0 Å². The number of benzene rings is 2. The Morgan fingerprint density at radius 1 is 1.16 bits per heavy atom. The van der Waals surface area contributed by atoms with Crippen molar-refractivity contribution in [2.75, 3.05) is 25.9 Å². The summed E-state index contributed by atoms with van der Waals surface area (Å²) in [5.41, 5.74) is 0.383. The van der Waals surface area contributed by atoms with Crippen LogP contribution in [0.15, 0.2) is 52.3 Å². The zero-order valence-corrected chi connectivity index (χ0v) is 16.2. The van der Waals surface area contributed by atoms with Crippen LogP contribution in [0.2, 0.25) is 5.02 Å². The average molecular weight is 401 g/mol. The van der Waals surface area contributed by atoms with Crippen molar-refractivity contribution in [1.82, 2.24) is 4.90 Å². The molecule has 0 aliphatic carbocycles. The van der Waals surface area contributed by atoms with Gasteiger partial charge in [0.25, 0.3) is 15.3 Å². The molecular weight excluding hydrogens is 384 g/mol. The van der Waals surface area contributed by atoms with E-state index >= 15 is 0 Å². The Bertz CT molecular complexity index is 868. The average Bonchev–Trinajstić information content (AvgIpc) is 2.56. The first-order valence-corrected chi connectivity index (χ1v) is 9.76. The van der Waals surface area contributed by atoms with Gasteiger partial charge in [0, 0.05) is 24.7 Å². The Hall–Kier alpha value is -1.90. The lowest BCUT2D eigenvalue weighted by Crippen LogP contribution is -2.16. The summed E-state index contributed by atoms with van der Waals surface area (Å²) < 4.78 is 32.3. The predicted octanol–water partition coefficient (Wildman–Crippen LogP) is 3.92. The Kier molecular flexibility index (Phi) is 6.21. The van der Waals surface area contributed by atoms with Crippen LogP contribution >= 0.6 is 23.4 Å². The molecule has 2 aromatic rings. The number of thioether (sulfide) groups is 1. The van der Waals surface area contributed by atoms with Gasteiger partial charge in [0.15, 0.2) is 0 Å². The Balaban J connectivity index is 2.15. The molecule has 0 heterocycles. The van der Waals surface area contributed by atoms with Gasteiger partial charge in [-0.3, -0.25) is 9.52 Å². The number of carbonyl (C=O) groups is 1. The topological polar surface area (TPSA) is 75.7 Å². The van der Waals surface area contributed by atoms with E-state index in [-0.39, 0.29) is 15.2 Å². The number of anilines is 1. The number of ether oxygens (including phenoxy) is 1.